The zero-order valence-corrected chi connectivity index (χ0v) is 29.3. The molecule has 4 aromatic rings. The van der Waals surface area contributed by atoms with Gasteiger partial charge in [-0.3, -0.25) is 59.2 Å². The molecule has 0 fully saturated rings. The van der Waals surface area contributed by atoms with Gasteiger partial charge >= 0.3 is 29.6 Å². The molecule has 0 saturated heterocycles. The third kappa shape index (κ3) is 9.80. The van der Waals surface area contributed by atoms with Crippen LogP contribution >= 0.6 is 0 Å². The van der Waals surface area contributed by atoms with Gasteiger partial charge in [-0.25, -0.2) is 0 Å². The summed E-state index contributed by atoms with van der Waals surface area (Å²) in [5, 5.41) is 31.9. The number of nitrogens with zero attached hydrogens (tertiary/aromatic N) is 3. The third-order valence-corrected chi connectivity index (χ3v) is 7.04. The second-order valence-electron chi connectivity index (χ2n) is 9.93. The molecule has 0 aliphatic carbocycles. The Morgan fingerprint density at radius 1 is 0.667 bits per heavy atom. The van der Waals surface area contributed by atoms with Gasteiger partial charge in [0.15, 0.2) is 11.6 Å². The number of carbonyl (C=O) groups excluding carboxylic acids is 6. The van der Waals surface area contributed by atoms with E-state index in [1.807, 2.05) is 0 Å². The first-order chi connectivity index (χ1) is 24.0. The van der Waals surface area contributed by atoms with E-state index in [0.717, 1.165) is 18.1 Å². The predicted octanol–water partition coefficient (Wildman–Crippen LogP) is 0.978. The number of carbonyl (C=O) groups is 6. The SMILES string of the molecule is C=CC(=O)c1ccccc1[N+](=O)[O-].C[O-].O=C(CCN1C(=O)c2ccccc2C1=O)c1ccccc1[N+](=O)[O-].O=C1NC(=O)c2ccccc21.[Na+]. The largest absolute Gasteiger partial charge is 1.00 e. The van der Waals surface area contributed by atoms with E-state index >= 15 is 0 Å². The van der Waals surface area contributed by atoms with E-state index in [4.69, 9.17) is 5.11 Å². The van der Waals surface area contributed by atoms with Gasteiger partial charge in [0.2, 0.25) is 0 Å². The number of Topliss-reactive ketones (excluding diaryl/α,β-unsaturated/α-hetero) is 1. The summed E-state index contributed by atoms with van der Waals surface area (Å²) in [6, 6.07) is 24.6. The van der Waals surface area contributed by atoms with Crippen molar-refractivity contribution in [2.75, 3.05) is 13.7 Å². The maximum absolute atomic E-state index is 12.3. The van der Waals surface area contributed by atoms with E-state index in [-0.39, 0.29) is 76.8 Å². The maximum atomic E-state index is 12.3. The van der Waals surface area contributed by atoms with E-state index in [2.05, 4.69) is 11.9 Å². The Bertz CT molecular complexity index is 1960. The summed E-state index contributed by atoms with van der Waals surface area (Å²) in [6.07, 6.45) is 0.888. The molecule has 254 valence electrons. The molecule has 0 bridgehead atoms. The van der Waals surface area contributed by atoms with Gasteiger partial charge in [-0.05, 0) is 42.5 Å². The van der Waals surface area contributed by atoms with Crippen LogP contribution in [0.4, 0.5) is 11.4 Å². The average Bonchev–Trinajstić information content (AvgIpc) is 3.57. The van der Waals surface area contributed by atoms with Crippen molar-refractivity contribution in [3.05, 3.63) is 163 Å². The van der Waals surface area contributed by atoms with Crippen molar-refractivity contribution in [1.29, 1.82) is 0 Å². The number of fused-ring (bicyclic) bond motifs is 2. The number of nitro groups is 2. The van der Waals surface area contributed by atoms with E-state index in [1.54, 1.807) is 54.6 Å². The van der Waals surface area contributed by atoms with Gasteiger partial charge in [0, 0.05) is 25.1 Å². The molecule has 6 rings (SSSR count). The number of amides is 4. The van der Waals surface area contributed by atoms with Crippen LogP contribution in [0.25, 0.3) is 0 Å². The van der Waals surface area contributed by atoms with E-state index in [9.17, 15) is 49.0 Å². The molecule has 0 unspecified atom stereocenters. The minimum atomic E-state index is -0.630. The summed E-state index contributed by atoms with van der Waals surface area (Å²) < 4.78 is 0. The smallest absolute Gasteiger partial charge is 0.857 e. The monoisotopic (exact) mass is 702 g/mol. The number of benzene rings is 4. The molecule has 2 aliphatic rings. The van der Waals surface area contributed by atoms with Crippen molar-refractivity contribution < 1.29 is 73.3 Å². The molecule has 4 aromatic carbocycles. The number of rotatable bonds is 8. The number of nitrogens with one attached hydrogen (secondary N) is 1. The van der Waals surface area contributed by atoms with Crippen molar-refractivity contribution in [3.63, 3.8) is 0 Å². The number of allylic oxidation sites excluding steroid dienone is 1. The fourth-order valence-corrected chi connectivity index (χ4v) is 4.73. The van der Waals surface area contributed by atoms with Crippen LogP contribution < -0.4 is 40.0 Å². The fourth-order valence-electron chi connectivity index (χ4n) is 4.73. The molecule has 4 amide bonds. The Morgan fingerprint density at radius 3 is 1.47 bits per heavy atom. The van der Waals surface area contributed by atoms with Gasteiger partial charge in [-0.2, -0.15) is 7.11 Å². The fraction of sp³-hybridized carbons (Fsp3) is 0.0857. The Balaban J connectivity index is 0.000000282. The second-order valence-corrected chi connectivity index (χ2v) is 9.93. The first-order valence-corrected chi connectivity index (χ1v) is 14.4. The summed E-state index contributed by atoms with van der Waals surface area (Å²) in [5.74, 6) is -2.43. The van der Waals surface area contributed by atoms with Crippen LogP contribution in [-0.4, -0.2) is 63.6 Å². The molecule has 0 radical (unpaired) electrons. The third-order valence-electron chi connectivity index (χ3n) is 7.04. The van der Waals surface area contributed by atoms with Crippen LogP contribution in [-0.2, 0) is 0 Å². The number of para-hydroxylation sites is 2. The quantitative estimate of drug-likeness (QED) is 0.0680. The zero-order chi connectivity index (χ0) is 37.0. The molecule has 16 heteroatoms. The Morgan fingerprint density at radius 2 is 1.04 bits per heavy atom. The summed E-state index contributed by atoms with van der Waals surface area (Å²) in [7, 11) is 0.750. The normalized spacial score (nSPS) is 11.8. The summed E-state index contributed by atoms with van der Waals surface area (Å²) in [4.78, 5) is 90.9. The molecule has 15 nitrogen and oxygen atoms in total. The van der Waals surface area contributed by atoms with Gasteiger partial charge in [-0.15, -0.1) is 0 Å². The van der Waals surface area contributed by atoms with Crippen molar-refractivity contribution in [2.24, 2.45) is 0 Å². The molecule has 0 aromatic heterocycles. The van der Waals surface area contributed by atoms with Crippen molar-refractivity contribution in [1.82, 2.24) is 10.2 Å². The molecule has 1 N–H and O–H groups in total. The van der Waals surface area contributed by atoms with Gasteiger partial charge in [0.25, 0.3) is 35.0 Å². The molecule has 0 saturated carbocycles. The first-order valence-electron chi connectivity index (χ1n) is 14.4. The second kappa shape index (κ2) is 19.3. The Labute approximate surface area is 312 Å². The van der Waals surface area contributed by atoms with Crippen molar-refractivity contribution in [3.8, 4) is 0 Å². The molecule has 0 spiro atoms. The molecule has 2 aliphatic heterocycles. The standard InChI is InChI=1S/C17H12N2O5.C9H7NO3.C8H5NO2.CH3O.Na/c20-15(13-7-3-4-8-14(13)19(23)24)9-10-18-16(21)11-5-1-2-6-12(11)17(18)22;1-2-9(11)7-5-3-4-6-8(7)10(12)13;10-7-5-3-1-2-4-6(5)8(11)9-7;1-2;/h1-8H,9-10H2;2-6H,1H2;1-4H,(H,9,10,11);1H3;/q;;;-1;+1. The molecule has 0 atom stereocenters. The summed E-state index contributed by atoms with van der Waals surface area (Å²) >= 11 is 0. The number of hydrogen-bond acceptors (Lipinski definition) is 11. The summed E-state index contributed by atoms with van der Waals surface area (Å²) in [6.45, 7) is 3.15. The molecular weight excluding hydrogens is 675 g/mol. The van der Waals surface area contributed by atoms with Crippen molar-refractivity contribution >= 4 is 46.6 Å². The Kier molecular flexibility index (Phi) is 15.5. The van der Waals surface area contributed by atoms with Crippen LogP contribution in [0.3, 0.4) is 0 Å². The van der Waals surface area contributed by atoms with Crippen molar-refractivity contribution in [2.45, 2.75) is 6.42 Å². The van der Waals surface area contributed by atoms with E-state index in [1.165, 1.54) is 42.5 Å². The number of hydrogen-bond donors (Lipinski definition) is 1. The maximum Gasteiger partial charge on any atom is 1.00 e. The minimum absolute atomic E-state index is 0. The van der Waals surface area contributed by atoms with Crippen LogP contribution in [0, 0.1) is 20.2 Å². The van der Waals surface area contributed by atoms with Gasteiger partial charge < -0.3 is 5.11 Å². The van der Waals surface area contributed by atoms with Gasteiger partial charge in [-0.1, -0.05) is 55.1 Å². The van der Waals surface area contributed by atoms with Gasteiger partial charge in [0.1, 0.15) is 0 Å². The summed E-state index contributed by atoms with van der Waals surface area (Å²) in [5.41, 5.74) is 1.12. The number of nitro benzene ring substituents is 2. The molecule has 51 heavy (non-hydrogen) atoms. The van der Waals surface area contributed by atoms with E-state index in [0.29, 0.717) is 22.3 Å². The van der Waals surface area contributed by atoms with Crippen LogP contribution in [0.15, 0.2) is 110 Å². The number of imide groups is 2. The molecular formula is C35H27N4NaO11. The van der Waals surface area contributed by atoms with Crippen LogP contribution in [0.5, 0.6) is 0 Å². The average molecular weight is 703 g/mol. The first kappa shape index (κ1) is 41.2. The number of ketones is 2. The molecule has 2 heterocycles. The van der Waals surface area contributed by atoms with Crippen LogP contribution in [0.2, 0.25) is 0 Å². The zero-order valence-electron chi connectivity index (χ0n) is 27.3. The van der Waals surface area contributed by atoms with Gasteiger partial charge in [0.05, 0.1) is 43.2 Å². The minimum Gasteiger partial charge on any atom is -0.857 e. The van der Waals surface area contributed by atoms with Crippen LogP contribution in [0.1, 0.15) is 68.6 Å². The van der Waals surface area contributed by atoms with E-state index < -0.39 is 33.2 Å². The topological polar surface area (TPSA) is 227 Å². The predicted molar refractivity (Wildman–Crippen MR) is 176 cm³/mol. The Hall–Kier alpha value is -6.00.